The molecule has 5 nitrogen and oxygen atoms in total. The number of urea groups is 1. The Morgan fingerprint density at radius 2 is 1.89 bits per heavy atom. The Morgan fingerprint density at radius 1 is 1.33 bits per heavy atom. The van der Waals surface area contributed by atoms with E-state index in [0.29, 0.717) is 0 Å². The maximum absolute atomic E-state index is 11.8. The highest BCUT2D eigenvalue weighted by molar-refractivity contribution is 7.98. The lowest BCUT2D eigenvalue weighted by Gasteiger charge is -2.26. The van der Waals surface area contributed by atoms with E-state index in [9.17, 15) is 9.59 Å². The molecule has 0 aliphatic heterocycles. The smallest absolute Gasteiger partial charge is 0.317 e. The Hall–Kier alpha value is -0.910. The topological polar surface area (TPSA) is 69.6 Å². The normalized spacial score (nSPS) is 14.1. The van der Waals surface area contributed by atoms with Gasteiger partial charge in [0.25, 0.3) is 0 Å². The number of nitrogens with zero attached hydrogens (tertiary/aromatic N) is 1. The second-order valence-electron chi connectivity index (χ2n) is 4.79. The molecule has 2 unspecified atom stereocenters. The first-order chi connectivity index (χ1) is 8.31. The van der Waals surface area contributed by atoms with Crippen LogP contribution in [0.15, 0.2) is 0 Å². The maximum Gasteiger partial charge on any atom is 0.317 e. The van der Waals surface area contributed by atoms with Crippen molar-refractivity contribution in [3.8, 4) is 0 Å². The van der Waals surface area contributed by atoms with Gasteiger partial charge in [-0.2, -0.15) is 11.8 Å². The molecule has 0 heterocycles. The number of rotatable bonds is 7. The molecule has 0 bridgehead atoms. The fourth-order valence-electron chi connectivity index (χ4n) is 1.48. The number of nitrogens with one attached hydrogen (secondary N) is 1. The molecule has 2 amide bonds. The van der Waals surface area contributed by atoms with Crippen LogP contribution in [-0.2, 0) is 4.79 Å². The Balaban J connectivity index is 4.27. The molecule has 2 N–H and O–H groups in total. The van der Waals surface area contributed by atoms with Gasteiger partial charge in [0.1, 0.15) is 0 Å². The molecule has 0 rings (SSSR count). The summed E-state index contributed by atoms with van der Waals surface area (Å²) in [6, 6.07) is -0.0919. The SMILES string of the molecule is CSCC(C)N(C)C(=O)NCC(C(=O)O)C(C)C. The first-order valence-electron chi connectivity index (χ1n) is 6.03. The highest BCUT2D eigenvalue weighted by Gasteiger charge is 2.23. The molecule has 0 aromatic carbocycles. The number of carboxylic acid groups (broad SMARTS) is 1. The summed E-state index contributed by atoms with van der Waals surface area (Å²) in [6.45, 7) is 5.81. The molecule has 0 saturated carbocycles. The van der Waals surface area contributed by atoms with E-state index in [1.807, 2.05) is 27.0 Å². The van der Waals surface area contributed by atoms with Gasteiger partial charge in [0.2, 0.25) is 0 Å². The summed E-state index contributed by atoms with van der Waals surface area (Å²) < 4.78 is 0. The van der Waals surface area contributed by atoms with Gasteiger partial charge < -0.3 is 15.3 Å². The lowest BCUT2D eigenvalue weighted by Crippen LogP contribution is -2.46. The van der Waals surface area contributed by atoms with E-state index < -0.39 is 11.9 Å². The molecule has 106 valence electrons. The van der Waals surface area contributed by atoms with E-state index in [0.717, 1.165) is 5.75 Å². The molecule has 0 fully saturated rings. The van der Waals surface area contributed by atoms with Crippen LogP contribution in [0.25, 0.3) is 0 Å². The molecular weight excluding hydrogens is 252 g/mol. The van der Waals surface area contributed by atoms with Gasteiger partial charge in [-0.1, -0.05) is 13.8 Å². The standard InChI is InChI=1S/C12H24N2O3S/c1-8(2)10(11(15)16)6-13-12(17)14(4)9(3)7-18-5/h8-10H,6-7H2,1-5H3,(H,13,17)(H,15,16). The van der Waals surface area contributed by atoms with Crippen molar-refractivity contribution in [3.05, 3.63) is 0 Å². The van der Waals surface area contributed by atoms with Crippen LogP contribution in [0.3, 0.4) is 0 Å². The third-order valence-electron chi connectivity index (χ3n) is 2.98. The number of hydrogen-bond donors (Lipinski definition) is 2. The number of amides is 2. The number of thioether (sulfide) groups is 1. The summed E-state index contributed by atoms with van der Waals surface area (Å²) in [7, 11) is 1.72. The zero-order chi connectivity index (χ0) is 14.3. The van der Waals surface area contributed by atoms with Crippen LogP contribution < -0.4 is 5.32 Å². The largest absolute Gasteiger partial charge is 0.481 e. The van der Waals surface area contributed by atoms with Crippen LogP contribution in [0.4, 0.5) is 4.79 Å². The third kappa shape index (κ3) is 5.62. The quantitative estimate of drug-likeness (QED) is 0.743. The number of carboxylic acids is 1. The molecule has 0 aliphatic carbocycles. The van der Waals surface area contributed by atoms with Crippen LogP contribution in [-0.4, -0.2) is 53.6 Å². The Bertz CT molecular complexity index is 284. The molecule has 0 saturated heterocycles. The number of aliphatic carboxylic acids is 1. The first-order valence-corrected chi connectivity index (χ1v) is 7.43. The number of carbonyl (C=O) groups excluding carboxylic acids is 1. The predicted octanol–water partition coefficient (Wildman–Crippen LogP) is 1.74. The average molecular weight is 276 g/mol. The number of carbonyl (C=O) groups is 2. The maximum atomic E-state index is 11.8. The summed E-state index contributed by atoms with van der Waals surface area (Å²) >= 11 is 1.67. The van der Waals surface area contributed by atoms with E-state index >= 15 is 0 Å². The average Bonchev–Trinajstić information content (AvgIpc) is 2.27. The van der Waals surface area contributed by atoms with Crippen molar-refractivity contribution < 1.29 is 14.7 Å². The lowest BCUT2D eigenvalue weighted by molar-refractivity contribution is -0.142. The van der Waals surface area contributed by atoms with Crippen LogP contribution in [0.1, 0.15) is 20.8 Å². The van der Waals surface area contributed by atoms with E-state index in [2.05, 4.69) is 5.32 Å². The minimum atomic E-state index is -0.870. The van der Waals surface area contributed by atoms with Gasteiger partial charge in [-0.05, 0) is 19.1 Å². The highest BCUT2D eigenvalue weighted by Crippen LogP contribution is 2.10. The fraction of sp³-hybridized carbons (Fsp3) is 0.833. The van der Waals surface area contributed by atoms with E-state index in [1.54, 1.807) is 23.7 Å². The van der Waals surface area contributed by atoms with Crippen molar-refractivity contribution in [1.82, 2.24) is 10.2 Å². The first kappa shape index (κ1) is 17.1. The zero-order valence-corrected chi connectivity index (χ0v) is 12.6. The third-order valence-corrected chi connectivity index (χ3v) is 3.80. The summed E-state index contributed by atoms with van der Waals surface area (Å²) in [4.78, 5) is 24.4. The molecule has 18 heavy (non-hydrogen) atoms. The van der Waals surface area contributed by atoms with Crippen molar-refractivity contribution in [2.24, 2.45) is 11.8 Å². The molecule has 0 radical (unpaired) electrons. The molecule has 0 aliphatic rings. The second kappa shape index (κ2) is 8.24. The van der Waals surface area contributed by atoms with Crippen molar-refractivity contribution in [1.29, 1.82) is 0 Å². The monoisotopic (exact) mass is 276 g/mol. The minimum Gasteiger partial charge on any atom is -0.481 e. The van der Waals surface area contributed by atoms with Crippen molar-refractivity contribution >= 4 is 23.8 Å². The number of hydrogen-bond acceptors (Lipinski definition) is 3. The molecule has 0 aromatic rings. The van der Waals surface area contributed by atoms with Gasteiger partial charge in [-0.15, -0.1) is 0 Å². The lowest BCUT2D eigenvalue weighted by atomic mass is 9.96. The molecule has 0 aromatic heterocycles. The predicted molar refractivity (Wildman–Crippen MR) is 75.0 cm³/mol. The van der Waals surface area contributed by atoms with Gasteiger partial charge >= 0.3 is 12.0 Å². The highest BCUT2D eigenvalue weighted by atomic mass is 32.2. The van der Waals surface area contributed by atoms with E-state index in [1.165, 1.54) is 0 Å². The van der Waals surface area contributed by atoms with Crippen molar-refractivity contribution in [2.75, 3.05) is 25.6 Å². The zero-order valence-electron chi connectivity index (χ0n) is 11.8. The molecular formula is C12H24N2O3S. The molecule has 0 spiro atoms. The summed E-state index contributed by atoms with van der Waals surface area (Å²) in [5.74, 6) is -0.559. The van der Waals surface area contributed by atoms with Gasteiger partial charge in [0, 0.05) is 25.4 Å². The molecule has 6 heteroatoms. The summed E-state index contributed by atoms with van der Waals surface area (Å²) in [5.41, 5.74) is 0. The van der Waals surface area contributed by atoms with E-state index in [-0.39, 0.29) is 24.5 Å². The molecule has 2 atom stereocenters. The van der Waals surface area contributed by atoms with Crippen molar-refractivity contribution in [2.45, 2.75) is 26.8 Å². The Kier molecular flexibility index (Phi) is 7.82. The van der Waals surface area contributed by atoms with Gasteiger partial charge in [0.05, 0.1) is 5.92 Å². The fourth-order valence-corrected chi connectivity index (χ4v) is 2.19. The van der Waals surface area contributed by atoms with Gasteiger partial charge in [0.15, 0.2) is 0 Å². The van der Waals surface area contributed by atoms with Crippen LogP contribution in [0.5, 0.6) is 0 Å². The van der Waals surface area contributed by atoms with Crippen LogP contribution in [0.2, 0.25) is 0 Å². The van der Waals surface area contributed by atoms with E-state index in [4.69, 9.17) is 5.11 Å². The summed E-state index contributed by atoms with van der Waals surface area (Å²) in [6.07, 6.45) is 1.99. The van der Waals surface area contributed by atoms with Crippen LogP contribution >= 0.6 is 11.8 Å². The van der Waals surface area contributed by atoms with Crippen LogP contribution in [0, 0.1) is 11.8 Å². The second-order valence-corrected chi connectivity index (χ2v) is 5.70. The van der Waals surface area contributed by atoms with Crippen molar-refractivity contribution in [3.63, 3.8) is 0 Å². The Labute approximate surface area is 113 Å². The minimum absolute atomic E-state index is 0.00303. The van der Waals surface area contributed by atoms with Gasteiger partial charge in [-0.3, -0.25) is 4.79 Å². The summed E-state index contributed by atoms with van der Waals surface area (Å²) in [5, 5.41) is 11.7. The Morgan fingerprint density at radius 3 is 2.28 bits per heavy atom. The van der Waals surface area contributed by atoms with Gasteiger partial charge in [-0.25, -0.2) is 4.79 Å².